The molecular weight excluding hydrogens is 196 g/mol. The molecule has 0 aliphatic rings. The fraction of sp³-hybridized carbons (Fsp3) is 0.300. The second-order valence-corrected chi connectivity index (χ2v) is 2.78. The molecule has 1 rings (SSSR count). The first-order chi connectivity index (χ1) is 7.17. The second kappa shape index (κ2) is 4.96. The summed E-state index contributed by atoms with van der Waals surface area (Å²) in [6.45, 7) is 1.99. The van der Waals surface area contributed by atoms with Crippen molar-refractivity contribution in [2.45, 2.75) is 13.3 Å². The summed E-state index contributed by atoms with van der Waals surface area (Å²) >= 11 is 0. The van der Waals surface area contributed by atoms with Crippen LogP contribution in [0.15, 0.2) is 12.3 Å². The van der Waals surface area contributed by atoms with Crippen molar-refractivity contribution in [3.05, 3.63) is 23.5 Å². The van der Waals surface area contributed by atoms with E-state index in [1.165, 1.54) is 12.3 Å². The summed E-state index contributed by atoms with van der Waals surface area (Å²) in [5.41, 5.74) is 0.465. The first kappa shape index (κ1) is 11.0. The van der Waals surface area contributed by atoms with E-state index in [-0.39, 0.29) is 30.0 Å². The third-order valence-corrected chi connectivity index (χ3v) is 1.69. The van der Waals surface area contributed by atoms with Crippen molar-refractivity contribution in [3.63, 3.8) is 0 Å². The minimum atomic E-state index is -0.454. The first-order valence-corrected chi connectivity index (χ1v) is 4.41. The van der Waals surface area contributed by atoms with Crippen LogP contribution in [0.1, 0.15) is 18.2 Å². The Morgan fingerprint density at radius 2 is 2.47 bits per heavy atom. The SMILES string of the molecule is CCOC(=O)Cc1ncc(C#N)cc1O. The number of pyridine rings is 1. The van der Waals surface area contributed by atoms with Gasteiger partial charge in [-0.2, -0.15) is 5.26 Å². The van der Waals surface area contributed by atoms with E-state index in [1.807, 2.05) is 6.07 Å². The van der Waals surface area contributed by atoms with Crippen LogP contribution in [0.5, 0.6) is 5.75 Å². The predicted octanol–water partition coefficient (Wildman–Crippen LogP) is 0.764. The van der Waals surface area contributed by atoms with E-state index in [0.29, 0.717) is 0 Å². The molecule has 15 heavy (non-hydrogen) atoms. The molecule has 0 saturated heterocycles. The number of esters is 1. The summed E-state index contributed by atoms with van der Waals surface area (Å²) in [6, 6.07) is 3.10. The zero-order valence-electron chi connectivity index (χ0n) is 8.23. The lowest BCUT2D eigenvalue weighted by Gasteiger charge is -2.03. The van der Waals surface area contributed by atoms with Crippen LogP contribution in [0, 0.1) is 11.3 Å². The van der Waals surface area contributed by atoms with E-state index < -0.39 is 5.97 Å². The number of aromatic nitrogens is 1. The lowest BCUT2D eigenvalue weighted by atomic mass is 10.2. The maximum absolute atomic E-state index is 11.1. The smallest absolute Gasteiger partial charge is 0.312 e. The Labute approximate surface area is 86.9 Å². The molecule has 78 valence electrons. The van der Waals surface area contributed by atoms with E-state index in [0.717, 1.165) is 0 Å². The van der Waals surface area contributed by atoms with Crippen LogP contribution in [0.4, 0.5) is 0 Å². The normalized spacial score (nSPS) is 9.33. The average Bonchev–Trinajstić information content (AvgIpc) is 2.21. The van der Waals surface area contributed by atoms with Gasteiger partial charge in [-0.1, -0.05) is 0 Å². The monoisotopic (exact) mass is 206 g/mol. The third-order valence-electron chi connectivity index (χ3n) is 1.69. The van der Waals surface area contributed by atoms with E-state index in [1.54, 1.807) is 6.92 Å². The van der Waals surface area contributed by atoms with Crippen LogP contribution < -0.4 is 0 Å². The maximum atomic E-state index is 11.1. The Hall–Kier alpha value is -2.09. The highest BCUT2D eigenvalue weighted by molar-refractivity contribution is 5.72. The van der Waals surface area contributed by atoms with Crippen molar-refractivity contribution in [1.82, 2.24) is 4.98 Å². The summed E-state index contributed by atoms with van der Waals surface area (Å²) in [7, 11) is 0. The highest BCUT2D eigenvalue weighted by Gasteiger charge is 2.10. The standard InChI is InChI=1S/C10H10N2O3/c1-2-15-10(14)4-8-9(13)3-7(5-11)6-12-8/h3,6,13H,2,4H2,1H3. The van der Waals surface area contributed by atoms with Gasteiger partial charge in [-0.25, -0.2) is 0 Å². The first-order valence-electron chi connectivity index (χ1n) is 4.41. The van der Waals surface area contributed by atoms with E-state index in [2.05, 4.69) is 4.98 Å². The second-order valence-electron chi connectivity index (χ2n) is 2.78. The summed E-state index contributed by atoms with van der Waals surface area (Å²) in [5.74, 6) is -0.618. The zero-order chi connectivity index (χ0) is 11.3. The van der Waals surface area contributed by atoms with Crippen LogP contribution in [0.2, 0.25) is 0 Å². The fourth-order valence-corrected chi connectivity index (χ4v) is 1.03. The molecule has 0 aliphatic heterocycles. The van der Waals surface area contributed by atoms with E-state index in [4.69, 9.17) is 10.00 Å². The van der Waals surface area contributed by atoms with Gasteiger partial charge >= 0.3 is 5.97 Å². The van der Waals surface area contributed by atoms with Crippen LogP contribution in [0.3, 0.4) is 0 Å². The molecule has 0 spiro atoms. The number of nitrogens with zero attached hydrogens (tertiary/aromatic N) is 2. The topological polar surface area (TPSA) is 83.2 Å². The number of carbonyl (C=O) groups is 1. The van der Waals surface area contributed by atoms with Gasteiger partial charge in [0.05, 0.1) is 24.3 Å². The number of ether oxygens (including phenoxy) is 1. The zero-order valence-corrected chi connectivity index (χ0v) is 8.23. The van der Waals surface area contributed by atoms with Gasteiger partial charge in [-0.15, -0.1) is 0 Å². The molecule has 0 saturated carbocycles. The van der Waals surface area contributed by atoms with Crippen molar-refractivity contribution >= 4 is 5.97 Å². The van der Waals surface area contributed by atoms with Gasteiger partial charge in [0.15, 0.2) is 0 Å². The highest BCUT2D eigenvalue weighted by Crippen LogP contribution is 2.16. The summed E-state index contributed by atoms with van der Waals surface area (Å²) in [4.78, 5) is 14.9. The molecule has 0 unspecified atom stereocenters. The van der Waals surface area contributed by atoms with Gasteiger partial charge in [0.1, 0.15) is 11.8 Å². The largest absolute Gasteiger partial charge is 0.506 e. The number of rotatable bonds is 3. The summed E-state index contributed by atoms with van der Waals surface area (Å²) in [6.07, 6.45) is 1.21. The molecule has 1 aromatic heterocycles. The van der Waals surface area contributed by atoms with Gasteiger partial charge in [-0.3, -0.25) is 9.78 Å². The molecular formula is C10H10N2O3. The summed E-state index contributed by atoms with van der Waals surface area (Å²) < 4.78 is 4.70. The van der Waals surface area contributed by atoms with Gasteiger partial charge in [0, 0.05) is 12.3 Å². The average molecular weight is 206 g/mol. The molecule has 0 amide bonds. The molecule has 1 heterocycles. The number of carbonyl (C=O) groups excluding carboxylic acids is 1. The van der Waals surface area contributed by atoms with Crippen LogP contribution in [-0.4, -0.2) is 22.7 Å². The van der Waals surface area contributed by atoms with Gasteiger partial charge in [0.2, 0.25) is 0 Å². The van der Waals surface area contributed by atoms with Crippen LogP contribution in [-0.2, 0) is 16.0 Å². The van der Waals surface area contributed by atoms with Crippen molar-refractivity contribution in [2.75, 3.05) is 6.61 Å². The molecule has 5 nitrogen and oxygen atoms in total. The Morgan fingerprint density at radius 3 is 3.00 bits per heavy atom. The minimum absolute atomic E-state index is 0.0919. The minimum Gasteiger partial charge on any atom is -0.506 e. The lowest BCUT2D eigenvalue weighted by Crippen LogP contribution is -2.08. The molecule has 0 radical (unpaired) electrons. The van der Waals surface area contributed by atoms with E-state index in [9.17, 15) is 9.90 Å². The van der Waals surface area contributed by atoms with Crippen molar-refractivity contribution in [1.29, 1.82) is 5.26 Å². The van der Waals surface area contributed by atoms with Crippen molar-refractivity contribution in [3.8, 4) is 11.8 Å². The van der Waals surface area contributed by atoms with Gasteiger partial charge in [0.25, 0.3) is 0 Å². The Morgan fingerprint density at radius 1 is 1.73 bits per heavy atom. The molecule has 0 bridgehead atoms. The Balaban J connectivity index is 2.79. The Bertz CT molecular complexity index is 410. The third kappa shape index (κ3) is 2.95. The molecule has 5 heteroatoms. The molecule has 0 fully saturated rings. The Kier molecular flexibility index (Phi) is 3.63. The quantitative estimate of drug-likeness (QED) is 0.738. The van der Waals surface area contributed by atoms with Gasteiger partial charge in [-0.05, 0) is 6.92 Å². The maximum Gasteiger partial charge on any atom is 0.312 e. The predicted molar refractivity (Wildman–Crippen MR) is 51.0 cm³/mol. The van der Waals surface area contributed by atoms with E-state index >= 15 is 0 Å². The lowest BCUT2D eigenvalue weighted by molar-refractivity contribution is -0.142. The van der Waals surface area contributed by atoms with Crippen LogP contribution >= 0.6 is 0 Å². The molecule has 0 aliphatic carbocycles. The van der Waals surface area contributed by atoms with Crippen molar-refractivity contribution < 1.29 is 14.6 Å². The summed E-state index contributed by atoms with van der Waals surface area (Å²) in [5, 5.41) is 17.9. The van der Waals surface area contributed by atoms with Gasteiger partial charge < -0.3 is 9.84 Å². The molecule has 0 aromatic carbocycles. The number of aromatic hydroxyl groups is 1. The highest BCUT2D eigenvalue weighted by atomic mass is 16.5. The number of hydrogen-bond acceptors (Lipinski definition) is 5. The molecule has 0 atom stereocenters. The fourth-order valence-electron chi connectivity index (χ4n) is 1.03. The molecule has 1 N–H and O–H groups in total. The van der Waals surface area contributed by atoms with Crippen molar-refractivity contribution in [2.24, 2.45) is 0 Å². The number of nitriles is 1. The molecule has 1 aromatic rings. The number of hydrogen-bond donors (Lipinski definition) is 1. The van der Waals surface area contributed by atoms with Crippen LogP contribution in [0.25, 0.3) is 0 Å².